The van der Waals surface area contributed by atoms with Gasteiger partial charge in [-0.25, -0.2) is 4.98 Å². The van der Waals surface area contributed by atoms with E-state index in [1.807, 2.05) is 18.7 Å². The van der Waals surface area contributed by atoms with Crippen LogP contribution in [0.2, 0.25) is 0 Å². The molecular weight excluding hydrogens is 254 g/mol. The molecule has 2 aliphatic rings. The summed E-state index contributed by atoms with van der Waals surface area (Å²) in [5.74, 6) is 1.33. The fraction of sp³-hybridized carbons (Fsp3) is 0.786. The van der Waals surface area contributed by atoms with Crippen LogP contribution in [0.5, 0.6) is 0 Å². The minimum atomic E-state index is -0.0325. The van der Waals surface area contributed by atoms with Crippen LogP contribution in [0, 0.1) is 0 Å². The summed E-state index contributed by atoms with van der Waals surface area (Å²) >= 11 is 0. The van der Waals surface area contributed by atoms with E-state index in [0.29, 0.717) is 11.9 Å². The Morgan fingerprint density at radius 1 is 1.30 bits per heavy atom. The van der Waals surface area contributed by atoms with Crippen molar-refractivity contribution in [3.05, 3.63) is 11.6 Å². The van der Waals surface area contributed by atoms with Crippen molar-refractivity contribution in [1.82, 2.24) is 25.0 Å². The second-order valence-corrected chi connectivity index (χ2v) is 6.14. The molecule has 3 rings (SSSR count). The van der Waals surface area contributed by atoms with Crippen LogP contribution < -0.4 is 0 Å². The smallest absolute Gasteiger partial charge is 0.293 e. The number of likely N-dealkylation sites (tertiary alicyclic amines) is 2. The summed E-state index contributed by atoms with van der Waals surface area (Å²) in [6, 6.07) is 0.532. The number of carbonyl (C=O) groups excluding carboxylic acids is 1. The Morgan fingerprint density at radius 3 is 2.70 bits per heavy atom. The summed E-state index contributed by atoms with van der Waals surface area (Å²) in [5.41, 5.74) is 0. The molecule has 2 aliphatic heterocycles. The predicted molar refractivity (Wildman–Crippen MR) is 75.6 cm³/mol. The average molecular weight is 277 g/mol. The maximum Gasteiger partial charge on any atom is 0.293 e. The van der Waals surface area contributed by atoms with Crippen LogP contribution in [0.4, 0.5) is 0 Å². The third-order valence-electron chi connectivity index (χ3n) is 4.35. The maximum atomic E-state index is 12.4. The van der Waals surface area contributed by atoms with Gasteiger partial charge in [-0.2, -0.15) is 0 Å². The van der Waals surface area contributed by atoms with E-state index in [-0.39, 0.29) is 11.8 Å². The molecule has 1 atom stereocenters. The van der Waals surface area contributed by atoms with Crippen LogP contribution in [-0.2, 0) is 0 Å². The number of hydrogen-bond acceptors (Lipinski definition) is 4. The van der Waals surface area contributed by atoms with E-state index in [1.54, 1.807) is 0 Å². The van der Waals surface area contributed by atoms with E-state index in [9.17, 15) is 4.79 Å². The van der Waals surface area contributed by atoms with Crippen molar-refractivity contribution >= 4 is 5.91 Å². The molecule has 0 aliphatic carbocycles. The fourth-order valence-corrected chi connectivity index (χ4v) is 3.10. The molecule has 1 unspecified atom stereocenters. The molecule has 20 heavy (non-hydrogen) atoms. The van der Waals surface area contributed by atoms with Crippen LogP contribution in [-0.4, -0.2) is 63.1 Å². The number of H-pyrrole nitrogens is 1. The van der Waals surface area contributed by atoms with Crippen molar-refractivity contribution in [3.8, 4) is 0 Å². The Hall–Kier alpha value is -1.43. The molecule has 0 spiro atoms. The number of amides is 1. The van der Waals surface area contributed by atoms with Gasteiger partial charge in [0.2, 0.25) is 5.82 Å². The molecule has 6 nitrogen and oxygen atoms in total. The van der Waals surface area contributed by atoms with Crippen LogP contribution in [0.15, 0.2) is 0 Å². The number of rotatable bonds is 3. The Morgan fingerprint density at radius 2 is 2.05 bits per heavy atom. The summed E-state index contributed by atoms with van der Waals surface area (Å²) in [7, 11) is 0. The van der Waals surface area contributed by atoms with Gasteiger partial charge in [-0.3, -0.25) is 14.8 Å². The van der Waals surface area contributed by atoms with E-state index in [0.717, 1.165) is 25.3 Å². The first-order valence-electron chi connectivity index (χ1n) is 7.61. The van der Waals surface area contributed by atoms with Gasteiger partial charge in [0.15, 0.2) is 0 Å². The molecule has 1 aromatic rings. The van der Waals surface area contributed by atoms with Crippen molar-refractivity contribution in [1.29, 1.82) is 0 Å². The van der Waals surface area contributed by atoms with E-state index < -0.39 is 0 Å². The van der Waals surface area contributed by atoms with E-state index in [4.69, 9.17) is 0 Å². The lowest BCUT2D eigenvalue weighted by atomic mass is 10.2. The number of aromatic amines is 1. The van der Waals surface area contributed by atoms with Gasteiger partial charge in [0.25, 0.3) is 5.91 Å². The highest BCUT2D eigenvalue weighted by Gasteiger charge is 2.33. The van der Waals surface area contributed by atoms with Gasteiger partial charge in [-0.05, 0) is 32.4 Å². The highest BCUT2D eigenvalue weighted by atomic mass is 16.2. The molecule has 0 saturated carbocycles. The molecule has 2 saturated heterocycles. The summed E-state index contributed by atoms with van der Waals surface area (Å²) in [4.78, 5) is 21.1. The van der Waals surface area contributed by atoms with Gasteiger partial charge in [-0.1, -0.05) is 13.8 Å². The van der Waals surface area contributed by atoms with E-state index in [1.165, 1.54) is 25.9 Å². The Kier molecular flexibility index (Phi) is 3.74. The van der Waals surface area contributed by atoms with Crippen molar-refractivity contribution in [2.45, 2.75) is 45.1 Å². The van der Waals surface area contributed by atoms with Gasteiger partial charge in [0.1, 0.15) is 5.82 Å². The first-order valence-corrected chi connectivity index (χ1v) is 7.61. The molecule has 2 fully saturated rings. The van der Waals surface area contributed by atoms with Crippen molar-refractivity contribution in [2.75, 3.05) is 26.2 Å². The highest BCUT2D eigenvalue weighted by molar-refractivity contribution is 5.90. The van der Waals surface area contributed by atoms with Gasteiger partial charge in [-0.15, -0.1) is 5.10 Å². The molecule has 1 aromatic heterocycles. The number of hydrogen-bond donors (Lipinski definition) is 1. The Balaban J connectivity index is 1.62. The molecule has 0 bridgehead atoms. The minimum absolute atomic E-state index is 0.0325. The van der Waals surface area contributed by atoms with Crippen LogP contribution >= 0.6 is 0 Å². The number of carbonyl (C=O) groups is 1. The lowest BCUT2D eigenvalue weighted by Crippen LogP contribution is -2.37. The Labute approximate surface area is 119 Å². The zero-order valence-corrected chi connectivity index (χ0v) is 12.3. The maximum absolute atomic E-state index is 12.4. The molecular formula is C14H23N5O. The monoisotopic (exact) mass is 277 g/mol. The van der Waals surface area contributed by atoms with Gasteiger partial charge in [0, 0.05) is 25.0 Å². The summed E-state index contributed by atoms with van der Waals surface area (Å²) in [5, 5.41) is 6.92. The van der Waals surface area contributed by atoms with Gasteiger partial charge < -0.3 is 4.90 Å². The lowest BCUT2D eigenvalue weighted by Gasteiger charge is -2.23. The molecule has 1 N–H and O–H groups in total. The lowest BCUT2D eigenvalue weighted by molar-refractivity contribution is 0.0768. The van der Waals surface area contributed by atoms with Crippen molar-refractivity contribution in [2.24, 2.45) is 0 Å². The molecule has 0 aromatic carbocycles. The SMILES string of the molecule is CC(C)c1nc(C(=O)N2CCC(N3CCCC3)C2)n[nH]1. The largest absolute Gasteiger partial charge is 0.334 e. The van der Waals surface area contributed by atoms with Crippen LogP contribution in [0.1, 0.15) is 55.5 Å². The van der Waals surface area contributed by atoms with Crippen LogP contribution in [0.3, 0.4) is 0 Å². The second kappa shape index (κ2) is 5.52. The van der Waals surface area contributed by atoms with Gasteiger partial charge in [0.05, 0.1) is 0 Å². The first kappa shape index (κ1) is 13.5. The van der Waals surface area contributed by atoms with Crippen molar-refractivity contribution < 1.29 is 4.79 Å². The minimum Gasteiger partial charge on any atom is -0.334 e. The predicted octanol–water partition coefficient (Wildman–Crippen LogP) is 1.24. The highest BCUT2D eigenvalue weighted by Crippen LogP contribution is 2.21. The van der Waals surface area contributed by atoms with Gasteiger partial charge >= 0.3 is 0 Å². The number of nitrogens with one attached hydrogen (secondary N) is 1. The second-order valence-electron chi connectivity index (χ2n) is 6.14. The Bertz CT molecular complexity index is 478. The first-order chi connectivity index (χ1) is 9.65. The third kappa shape index (κ3) is 2.57. The summed E-state index contributed by atoms with van der Waals surface area (Å²) < 4.78 is 0. The van der Waals surface area contributed by atoms with E-state index in [2.05, 4.69) is 20.1 Å². The summed E-state index contributed by atoms with van der Waals surface area (Å²) in [6.45, 7) is 8.09. The molecule has 110 valence electrons. The zero-order valence-electron chi connectivity index (χ0n) is 12.3. The normalized spacial score (nSPS) is 23.9. The number of aromatic nitrogens is 3. The number of nitrogens with zero attached hydrogens (tertiary/aromatic N) is 4. The molecule has 6 heteroatoms. The third-order valence-corrected chi connectivity index (χ3v) is 4.35. The summed E-state index contributed by atoms with van der Waals surface area (Å²) in [6.07, 6.45) is 3.67. The molecule has 3 heterocycles. The average Bonchev–Trinajstić information content (AvgIpc) is 3.17. The molecule has 0 radical (unpaired) electrons. The van der Waals surface area contributed by atoms with Crippen LogP contribution in [0.25, 0.3) is 0 Å². The fourth-order valence-electron chi connectivity index (χ4n) is 3.10. The topological polar surface area (TPSA) is 65.1 Å². The van der Waals surface area contributed by atoms with Crippen molar-refractivity contribution in [3.63, 3.8) is 0 Å². The standard InChI is InChI=1S/C14H23N5O/c1-10(2)12-15-13(17-16-12)14(20)19-8-5-11(9-19)18-6-3-4-7-18/h10-11H,3-9H2,1-2H3,(H,15,16,17). The zero-order chi connectivity index (χ0) is 14.1. The molecule has 1 amide bonds. The quantitative estimate of drug-likeness (QED) is 0.902. The van der Waals surface area contributed by atoms with E-state index >= 15 is 0 Å².